The summed E-state index contributed by atoms with van der Waals surface area (Å²) in [4.78, 5) is 5.12. The van der Waals surface area contributed by atoms with Gasteiger partial charge in [0.05, 0.1) is 13.7 Å². The molecule has 35 heavy (non-hydrogen) atoms. The number of piperazine rings is 1. The number of ether oxygens (including phenoxy) is 1. The minimum Gasteiger partial charge on any atom is -0.496 e. The van der Waals surface area contributed by atoms with Crippen molar-refractivity contribution in [2.45, 2.75) is 46.7 Å². The molecule has 0 unspecified atom stereocenters. The standard InChI is InChI=1S/C29H38N4O2/c1-5-22-15-23-25(16-26(22)34-4)30-18-24-27(35-31-28(23)24)19-32-11-13-33(14-12-32)20-29(2,3)17-21-9-7-6-8-10-21/h6-10,15-16,30H,5,11-14,17-20H2,1-4H3. The molecule has 5 rings (SSSR count). The van der Waals surface area contributed by atoms with E-state index in [1.54, 1.807) is 7.11 Å². The van der Waals surface area contributed by atoms with E-state index in [-0.39, 0.29) is 5.41 Å². The zero-order valence-corrected chi connectivity index (χ0v) is 21.6. The summed E-state index contributed by atoms with van der Waals surface area (Å²) in [6.45, 7) is 13.9. The fourth-order valence-corrected chi connectivity index (χ4v) is 5.60. The Bertz CT molecular complexity index is 1150. The summed E-state index contributed by atoms with van der Waals surface area (Å²) < 4.78 is 11.5. The van der Waals surface area contributed by atoms with Gasteiger partial charge in [0.2, 0.25) is 0 Å². The molecule has 2 aromatic carbocycles. The lowest BCUT2D eigenvalue weighted by Crippen LogP contribution is -2.49. The van der Waals surface area contributed by atoms with Gasteiger partial charge in [-0.05, 0) is 35.4 Å². The number of benzene rings is 2. The zero-order chi connectivity index (χ0) is 24.4. The summed E-state index contributed by atoms with van der Waals surface area (Å²) in [7, 11) is 1.73. The van der Waals surface area contributed by atoms with Gasteiger partial charge in [-0.15, -0.1) is 0 Å². The quantitative estimate of drug-likeness (QED) is 0.483. The van der Waals surface area contributed by atoms with Crippen molar-refractivity contribution in [3.05, 3.63) is 64.9 Å². The van der Waals surface area contributed by atoms with Gasteiger partial charge in [-0.25, -0.2) is 0 Å². The molecule has 0 bridgehead atoms. The molecule has 3 heterocycles. The van der Waals surface area contributed by atoms with Crippen LogP contribution >= 0.6 is 0 Å². The molecular formula is C29H38N4O2. The molecule has 2 aliphatic heterocycles. The lowest BCUT2D eigenvalue weighted by Gasteiger charge is -2.39. The largest absolute Gasteiger partial charge is 0.496 e. The summed E-state index contributed by atoms with van der Waals surface area (Å²) in [5.74, 6) is 1.92. The molecule has 0 aliphatic carbocycles. The molecule has 0 atom stereocenters. The predicted molar refractivity (Wildman–Crippen MR) is 141 cm³/mol. The molecule has 0 radical (unpaired) electrons. The van der Waals surface area contributed by atoms with Crippen LogP contribution in [0.3, 0.4) is 0 Å². The van der Waals surface area contributed by atoms with E-state index in [0.717, 1.165) is 87.1 Å². The van der Waals surface area contributed by atoms with Gasteiger partial charge in [-0.1, -0.05) is 56.3 Å². The summed E-state index contributed by atoms with van der Waals surface area (Å²) in [6.07, 6.45) is 2.03. The molecule has 6 nitrogen and oxygen atoms in total. The molecular weight excluding hydrogens is 436 g/mol. The van der Waals surface area contributed by atoms with Gasteiger partial charge in [-0.2, -0.15) is 0 Å². The monoisotopic (exact) mass is 474 g/mol. The number of hydrogen-bond acceptors (Lipinski definition) is 6. The molecule has 1 saturated heterocycles. The summed E-state index contributed by atoms with van der Waals surface area (Å²) in [6, 6.07) is 15.1. The van der Waals surface area contributed by atoms with E-state index in [1.165, 1.54) is 16.7 Å². The minimum atomic E-state index is 0.257. The van der Waals surface area contributed by atoms with Gasteiger partial charge in [0.25, 0.3) is 0 Å². The first-order valence-electron chi connectivity index (χ1n) is 12.9. The maximum Gasteiger partial charge on any atom is 0.156 e. The van der Waals surface area contributed by atoms with Crippen LogP contribution in [0.25, 0.3) is 11.3 Å². The van der Waals surface area contributed by atoms with Crippen molar-refractivity contribution in [3.8, 4) is 17.0 Å². The Morgan fingerprint density at radius 3 is 2.51 bits per heavy atom. The van der Waals surface area contributed by atoms with Gasteiger partial charge < -0.3 is 19.5 Å². The Kier molecular flexibility index (Phi) is 6.85. The highest BCUT2D eigenvalue weighted by Gasteiger charge is 2.29. The molecule has 3 aromatic rings. The summed E-state index contributed by atoms with van der Waals surface area (Å²) in [5.41, 5.74) is 7.22. The predicted octanol–water partition coefficient (Wildman–Crippen LogP) is 5.22. The third-order valence-corrected chi connectivity index (χ3v) is 7.39. The van der Waals surface area contributed by atoms with Crippen molar-refractivity contribution in [1.82, 2.24) is 15.0 Å². The third kappa shape index (κ3) is 5.24. The van der Waals surface area contributed by atoms with Crippen molar-refractivity contribution >= 4 is 5.69 Å². The van der Waals surface area contributed by atoms with Gasteiger partial charge in [0.1, 0.15) is 11.4 Å². The maximum atomic E-state index is 5.90. The van der Waals surface area contributed by atoms with Crippen LogP contribution in [0.1, 0.15) is 43.2 Å². The van der Waals surface area contributed by atoms with Crippen molar-refractivity contribution in [2.24, 2.45) is 5.41 Å². The lowest BCUT2D eigenvalue weighted by molar-refractivity contribution is 0.0875. The summed E-state index contributed by atoms with van der Waals surface area (Å²) >= 11 is 0. The van der Waals surface area contributed by atoms with Gasteiger partial charge in [0.15, 0.2) is 5.76 Å². The average Bonchev–Trinajstić information content (AvgIpc) is 3.27. The number of aryl methyl sites for hydroxylation is 1. The second-order valence-electron chi connectivity index (χ2n) is 10.7. The molecule has 1 N–H and O–H groups in total. The number of rotatable bonds is 8. The second-order valence-corrected chi connectivity index (χ2v) is 10.7. The van der Waals surface area contributed by atoms with Crippen LogP contribution in [0.5, 0.6) is 5.75 Å². The number of hydrogen-bond donors (Lipinski definition) is 1. The number of fused-ring (bicyclic) bond motifs is 3. The van der Waals surface area contributed by atoms with Crippen molar-refractivity contribution in [2.75, 3.05) is 45.2 Å². The highest BCUT2D eigenvalue weighted by Crippen LogP contribution is 2.40. The number of methoxy groups -OCH3 is 1. The van der Waals surface area contributed by atoms with Gasteiger partial charge in [0, 0.05) is 62.1 Å². The molecule has 2 aliphatic rings. The van der Waals surface area contributed by atoms with E-state index in [4.69, 9.17) is 9.26 Å². The van der Waals surface area contributed by atoms with Crippen molar-refractivity contribution in [3.63, 3.8) is 0 Å². The average molecular weight is 475 g/mol. The first kappa shape index (κ1) is 23.9. The van der Waals surface area contributed by atoms with Crippen LogP contribution < -0.4 is 10.1 Å². The second kappa shape index (κ2) is 10.0. The highest BCUT2D eigenvalue weighted by atomic mass is 16.5. The maximum absolute atomic E-state index is 5.90. The number of nitrogens with one attached hydrogen (secondary N) is 1. The topological polar surface area (TPSA) is 53.8 Å². The Hall–Kier alpha value is -2.83. The van der Waals surface area contributed by atoms with Crippen LogP contribution in [0.2, 0.25) is 0 Å². The van der Waals surface area contributed by atoms with Crippen LogP contribution in [0.4, 0.5) is 5.69 Å². The molecule has 0 saturated carbocycles. The summed E-state index contributed by atoms with van der Waals surface area (Å²) in [5, 5.41) is 8.06. The first-order chi connectivity index (χ1) is 17.0. The number of anilines is 1. The van der Waals surface area contributed by atoms with Crippen LogP contribution in [-0.4, -0.2) is 54.8 Å². The fourth-order valence-electron chi connectivity index (χ4n) is 5.60. The molecule has 1 aromatic heterocycles. The van der Waals surface area contributed by atoms with E-state index in [9.17, 15) is 0 Å². The van der Waals surface area contributed by atoms with E-state index >= 15 is 0 Å². The molecule has 0 amide bonds. The third-order valence-electron chi connectivity index (χ3n) is 7.39. The van der Waals surface area contributed by atoms with Gasteiger partial charge >= 0.3 is 0 Å². The Balaban J connectivity index is 1.20. The molecule has 186 valence electrons. The number of aromatic nitrogens is 1. The van der Waals surface area contributed by atoms with Gasteiger partial charge in [-0.3, -0.25) is 4.90 Å². The smallest absolute Gasteiger partial charge is 0.156 e. The first-order valence-corrected chi connectivity index (χ1v) is 12.9. The normalized spacial score (nSPS) is 16.5. The van der Waals surface area contributed by atoms with E-state index < -0.39 is 0 Å². The van der Waals surface area contributed by atoms with Crippen LogP contribution in [0, 0.1) is 5.41 Å². The van der Waals surface area contributed by atoms with E-state index in [2.05, 4.69) is 83.5 Å². The minimum absolute atomic E-state index is 0.257. The zero-order valence-electron chi connectivity index (χ0n) is 21.6. The van der Waals surface area contributed by atoms with Crippen molar-refractivity contribution < 1.29 is 9.26 Å². The highest BCUT2D eigenvalue weighted by molar-refractivity contribution is 5.82. The number of nitrogens with zero attached hydrogens (tertiary/aromatic N) is 3. The fraction of sp³-hybridized carbons (Fsp3) is 0.483. The van der Waals surface area contributed by atoms with E-state index in [1.807, 2.05) is 0 Å². The lowest BCUT2D eigenvalue weighted by atomic mass is 9.85. The molecule has 1 fully saturated rings. The van der Waals surface area contributed by atoms with Crippen molar-refractivity contribution in [1.29, 1.82) is 0 Å². The van der Waals surface area contributed by atoms with E-state index in [0.29, 0.717) is 0 Å². The Labute approximate surface area is 209 Å². The van der Waals surface area contributed by atoms with Crippen LogP contribution in [0.15, 0.2) is 47.0 Å². The molecule has 0 spiro atoms. The SMILES string of the molecule is CCc1cc2c(cc1OC)NCc1c-2noc1CN1CCN(CC(C)(C)Cc2ccccc2)CC1. The Morgan fingerprint density at radius 2 is 1.80 bits per heavy atom. The molecule has 6 heteroatoms. The Morgan fingerprint density at radius 1 is 1.06 bits per heavy atom. The van der Waals surface area contributed by atoms with Crippen LogP contribution in [-0.2, 0) is 25.9 Å².